The van der Waals surface area contributed by atoms with Gasteiger partial charge in [-0.1, -0.05) is 0 Å². The number of fused-ring (bicyclic) bond motifs is 2. The Hall–Kier alpha value is -3.17. The maximum absolute atomic E-state index is 5.87. The highest BCUT2D eigenvalue weighted by molar-refractivity contribution is 5.84. The minimum atomic E-state index is 0.306. The number of hydrogen-bond donors (Lipinski definition) is 1. The Kier molecular flexibility index (Phi) is 5.91. The number of nitrogens with zero attached hydrogens (tertiary/aromatic N) is 5. The van der Waals surface area contributed by atoms with Crippen LogP contribution in [0.15, 0.2) is 43.0 Å². The van der Waals surface area contributed by atoms with Crippen molar-refractivity contribution >= 4 is 17.1 Å². The van der Waals surface area contributed by atoms with Gasteiger partial charge in [0.1, 0.15) is 11.2 Å². The van der Waals surface area contributed by atoms with E-state index in [9.17, 15) is 0 Å². The molecule has 1 N–H and O–H groups in total. The number of imidazole rings is 1. The Morgan fingerprint density at radius 3 is 2.75 bits per heavy atom. The minimum absolute atomic E-state index is 0.306. The third-order valence-electron chi connectivity index (χ3n) is 6.02. The third kappa shape index (κ3) is 4.13. The van der Waals surface area contributed by atoms with E-state index in [1.54, 1.807) is 20.4 Å². The summed E-state index contributed by atoms with van der Waals surface area (Å²) in [4.78, 5) is 8.99. The lowest BCUT2D eigenvalue weighted by Crippen LogP contribution is -2.31. The molecule has 0 aliphatic heterocycles. The van der Waals surface area contributed by atoms with Crippen molar-refractivity contribution in [2.75, 3.05) is 32.8 Å². The van der Waals surface area contributed by atoms with Crippen LogP contribution in [0.1, 0.15) is 25.7 Å². The smallest absolute Gasteiger partial charge is 0.244 e. The fourth-order valence-corrected chi connectivity index (χ4v) is 4.36. The van der Waals surface area contributed by atoms with E-state index in [2.05, 4.69) is 27.5 Å². The number of methoxy groups -OCH3 is 2. The number of hydrogen-bond acceptors (Lipinski definition) is 7. The molecule has 0 spiro atoms. The highest BCUT2D eigenvalue weighted by atomic mass is 16.5. The number of ether oxygens (including phenoxy) is 3. The lowest BCUT2D eigenvalue weighted by Gasteiger charge is -2.29. The van der Waals surface area contributed by atoms with Gasteiger partial charge in [-0.3, -0.25) is 0 Å². The van der Waals surface area contributed by atoms with E-state index in [-0.39, 0.29) is 0 Å². The summed E-state index contributed by atoms with van der Waals surface area (Å²) in [5.41, 5.74) is 3.81. The second-order valence-corrected chi connectivity index (χ2v) is 8.06. The Morgan fingerprint density at radius 2 is 1.94 bits per heavy atom. The van der Waals surface area contributed by atoms with Crippen LogP contribution in [0, 0.1) is 0 Å². The van der Waals surface area contributed by atoms with Crippen LogP contribution in [0.25, 0.3) is 22.3 Å². The molecule has 168 valence electrons. The molecule has 0 saturated heterocycles. The predicted molar refractivity (Wildman–Crippen MR) is 121 cm³/mol. The molecule has 4 aromatic rings. The van der Waals surface area contributed by atoms with Gasteiger partial charge in [0.15, 0.2) is 0 Å². The zero-order valence-corrected chi connectivity index (χ0v) is 18.4. The van der Waals surface area contributed by atoms with Gasteiger partial charge in [0.05, 0.1) is 26.4 Å². The normalized spacial score (nSPS) is 18.9. The predicted octanol–water partition coefficient (Wildman–Crippen LogP) is 3.44. The lowest BCUT2D eigenvalue weighted by molar-refractivity contribution is -0.00158. The van der Waals surface area contributed by atoms with Gasteiger partial charge in [-0.15, -0.1) is 5.10 Å². The van der Waals surface area contributed by atoms with E-state index >= 15 is 0 Å². The monoisotopic (exact) mass is 436 g/mol. The molecule has 0 radical (unpaired) electrons. The first kappa shape index (κ1) is 20.7. The average molecular weight is 437 g/mol. The molecule has 0 aromatic carbocycles. The number of nitrogens with one attached hydrogen (secondary N) is 1. The second kappa shape index (κ2) is 9.13. The molecular formula is C23H28N6O3. The first-order valence-corrected chi connectivity index (χ1v) is 11.0. The van der Waals surface area contributed by atoms with Crippen molar-refractivity contribution < 1.29 is 14.2 Å². The largest absolute Gasteiger partial charge is 0.479 e. The Labute approximate surface area is 186 Å². The molecule has 1 fully saturated rings. The van der Waals surface area contributed by atoms with Crippen molar-refractivity contribution in [3.63, 3.8) is 0 Å². The molecule has 32 heavy (non-hydrogen) atoms. The fourth-order valence-electron chi connectivity index (χ4n) is 4.36. The molecule has 9 nitrogen and oxygen atoms in total. The van der Waals surface area contributed by atoms with Crippen LogP contribution >= 0.6 is 0 Å². The number of rotatable bonds is 8. The summed E-state index contributed by atoms with van der Waals surface area (Å²) in [6.07, 6.45) is 12.1. The highest BCUT2D eigenvalue weighted by Gasteiger charge is 2.23. The van der Waals surface area contributed by atoms with Crippen LogP contribution in [0.4, 0.5) is 5.95 Å². The SMILES string of the molecule is COCCO[C@H]1CC[C@H](Nc2nc(OC)c3c(-c4ccc5nccn5c4)ccn3n2)CC1. The van der Waals surface area contributed by atoms with Crippen LogP contribution in [0.3, 0.4) is 0 Å². The standard InChI is InChI=1S/C23H28N6O3/c1-30-13-14-32-18-6-4-17(5-7-18)25-23-26-22(31-2)21-19(9-11-29(21)27-23)16-3-8-20-24-10-12-28(20)15-16/h3,8-12,15,17-18H,4-7,13-14H2,1-2H3,(H,25,27)/t17-,18-. The van der Waals surface area contributed by atoms with Crippen LogP contribution < -0.4 is 10.1 Å². The number of anilines is 1. The Balaban J connectivity index is 1.34. The van der Waals surface area contributed by atoms with E-state index in [0.29, 0.717) is 37.2 Å². The summed E-state index contributed by atoms with van der Waals surface area (Å²) in [5, 5.41) is 8.19. The van der Waals surface area contributed by atoms with E-state index in [1.807, 2.05) is 33.4 Å². The van der Waals surface area contributed by atoms with Crippen molar-refractivity contribution in [3.05, 3.63) is 43.0 Å². The van der Waals surface area contributed by atoms with E-state index < -0.39 is 0 Å². The molecule has 4 heterocycles. The molecule has 0 amide bonds. The summed E-state index contributed by atoms with van der Waals surface area (Å²) >= 11 is 0. The van der Waals surface area contributed by atoms with Gasteiger partial charge in [-0.25, -0.2) is 9.50 Å². The summed E-state index contributed by atoms with van der Waals surface area (Å²) in [7, 11) is 3.34. The topological polar surface area (TPSA) is 87.2 Å². The van der Waals surface area contributed by atoms with E-state index in [4.69, 9.17) is 19.3 Å². The number of pyridine rings is 1. The van der Waals surface area contributed by atoms with Crippen LogP contribution in [0.2, 0.25) is 0 Å². The highest BCUT2D eigenvalue weighted by Crippen LogP contribution is 2.32. The molecule has 4 aromatic heterocycles. The van der Waals surface area contributed by atoms with Gasteiger partial charge in [-0.2, -0.15) is 4.98 Å². The molecular weight excluding hydrogens is 408 g/mol. The molecule has 0 atom stereocenters. The van der Waals surface area contributed by atoms with Crippen molar-refractivity contribution in [3.8, 4) is 17.0 Å². The van der Waals surface area contributed by atoms with Gasteiger partial charge >= 0.3 is 0 Å². The van der Waals surface area contributed by atoms with Gasteiger partial charge < -0.3 is 23.9 Å². The second-order valence-electron chi connectivity index (χ2n) is 8.06. The summed E-state index contributed by atoms with van der Waals surface area (Å²) in [5.74, 6) is 1.12. The van der Waals surface area contributed by atoms with Crippen molar-refractivity contribution in [2.45, 2.75) is 37.8 Å². The summed E-state index contributed by atoms with van der Waals surface area (Å²) < 4.78 is 20.4. The van der Waals surface area contributed by atoms with E-state index in [0.717, 1.165) is 48.0 Å². The molecule has 0 bridgehead atoms. The molecule has 1 aliphatic rings. The van der Waals surface area contributed by atoms with Gasteiger partial charge in [-0.05, 0) is 43.9 Å². The summed E-state index contributed by atoms with van der Waals surface area (Å²) in [6, 6.07) is 6.41. The van der Waals surface area contributed by atoms with Gasteiger partial charge in [0.25, 0.3) is 0 Å². The van der Waals surface area contributed by atoms with Crippen LogP contribution in [-0.4, -0.2) is 63.6 Å². The van der Waals surface area contributed by atoms with Gasteiger partial charge in [0.2, 0.25) is 11.8 Å². The lowest BCUT2D eigenvalue weighted by atomic mass is 9.93. The van der Waals surface area contributed by atoms with Crippen LogP contribution in [-0.2, 0) is 9.47 Å². The fraction of sp³-hybridized carbons (Fsp3) is 0.435. The van der Waals surface area contributed by atoms with E-state index in [1.165, 1.54) is 0 Å². The maximum Gasteiger partial charge on any atom is 0.244 e. The number of aromatic nitrogens is 5. The first-order chi connectivity index (χ1) is 15.7. The maximum atomic E-state index is 5.87. The van der Waals surface area contributed by atoms with Crippen LogP contribution in [0.5, 0.6) is 5.88 Å². The minimum Gasteiger partial charge on any atom is -0.479 e. The molecule has 0 unspecified atom stereocenters. The zero-order valence-electron chi connectivity index (χ0n) is 18.4. The zero-order chi connectivity index (χ0) is 21.9. The van der Waals surface area contributed by atoms with Gasteiger partial charge in [0, 0.05) is 49.1 Å². The third-order valence-corrected chi connectivity index (χ3v) is 6.02. The molecule has 5 rings (SSSR count). The summed E-state index contributed by atoms with van der Waals surface area (Å²) in [6.45, 7) is 1.29. The quantitative estimate of drug-likeness (QED) is 0.423. The van der Waals surface area contributed by atoms with Crippen molar-refractivity contribution in [1.82, 2.24) is 24.0 Å². The Morgan fingerprint density at radius 1 is 1.06 bits per heavy atom. The molecule has 9 heteroatoms. The van der Waals surface area contributed by atoms with Crippen molar-refractivity contribution in [2.24, 2.45) is 0 Å². The molecule has 1 aliphatic carbocycles. The molecule has 1 saturated carbocycles. The average Bonchev–Trinajstić information content (AvgIpc) is 3.46. The first-order valence-electron chi connectivity index (χ1n) is 11.0. The Bertz CT molecular complexity index is 1200. The van der Waals surface area contributed by atoms with Crippen molar-refractivity contribution in [1.29, 1.82) is 0 Å².